The van der Waals surface area contributed by atoms with Crippen LogP contribution in [-0.4, -0.2) is 40.0 Å². The third-order valence-electron chi connectivity index (χ3n) is 6.15. The molecule has 0 N–H and O–H groups in total. The lowest BCUT2D eigenvalue weighted by molar-refractivity contribution is -0.137. The summed E-state index contributed by atoms with van der Waals surface area (Å²) in [6.45, 7) is 2.00. The minimum Gasteiger partial charge on any atom is -0.306 e. The molecule has 1 saturated carbocycles. The first-order valence-corrected chi connectivity index (χ1v) is 11.4. The molecule has 5 rings (SSSR count). The van der Waals surface area contributed by atoms with Crippen LogP contribution in [0.3, 0.4) is 0 Å². The first-order chi connectivity index (χ1) is 14.9. The molecule has 0 amide bonds. The van der Waals surface area contributed by atoms with Gasteiger partial charge >= 0.3 is 6.18 Å². The van der Waals surface area contributed by atoms with Gasteiger partial charge in [0, 0.05) is 23.2 Å². The number of piperidine rings is 1. The predicted molar refractivity (Wildman–Crippen MR) is 115 cm³/mol. The van der Waals surface area contributed by atoms with Gasteiger partial charge in [-0.05, 0) is 63.9 Å². The highest BCUT2D eigenvalue weighted by Gasteiger charge is 2.33. The van der Waals surface area contributed by atoms with E-state index in [2.05, 4.69) is 21.9 Å². The molecule has 1 aliphatic carbocycles. The van der Waals surface area contributed by atoms with Crippen LogP contribution in [0.1, 0.15) is 53.7 Å². The molecule has 1 aliphatic heterocycles. The van der Waals surface area contributed by atoms with Crippen molar-refractivity contribution < 1.29 is 13.2 Å². The number of hydrogen-bond acceptors (Lipinski definition) is 5. The van der Waals surface area contributed by atoms with Gasteiger partial charge in [0.05, 0.1) is 26.8 Å². The SMILES string of the molecule is CN1CCC(c2nc(-c3cccc(C(F)(F)F)c3)c(-c3ncncc3C3CC3)s2)CC1. The second-order valence-electron chi connectivity index (χ2n) is 8.49. The molecule has 2 fully saturated rings. The van der Waals surface area contributed by atoms with E-state index >= 15 is 0 Å². The molecule has 0 atom stereocenters. The monoisotopic (exact) mass is 444 g/mol. The molecule has 2 aliphatic rings. The van der Waals surface area contributed by atoms with E-state index in [9.17, 15) is 13.2 Å². The molecule has 1 saturated heterocycles. The largest absolute Gasteiger partial charge is 0.416 e. The van der Waals surface area contributed by atoms with Crippen molar-refractivity contribution in [2.45, 2.75) is 43.7 Å². The quantitative estimate of drug-likeness (QED) is 0.497. The van der Waals surface area contributed by atoms with Gasteiger partial charge in [0.15, 0.2) is 0 Å². The molecule has 0 bridgehead atoms. The van der Waals surface area contributed by atoms with Gasteiger partial charge in [0.1, 0.15) is 6.33 Å². The molecule has 8 heteroatoms. The number of aromatic nitrogens is 3. The van der Waals surface area contributed by atoms with Crippen LogP contribution in [-0.2, 0) is 6.18 Å². The molecule has 3 aromatic rings. The Hall–Kier alpha value is -2.32. The average Bonchev–Trinajstić information content (AvgIpc) is 3.52. The Kier molecular flexibility index (Phi) is 5.30. The van der Waals surface area contributed by atoms with Gasteiger partial charge < -0.3 is 4.90 Å². The third-order valence-corrected chi connectivity index (χ3v) is 7.37. The fraction of sp³-hybridized carbons (Fsp3) is 0.435. The highest BCUT2D eigenvalue weighted by atomic mass is 32.1. The van der Waals surface area contributed by atoms with Gasteiger partial charge in [-0.15, -0.1) is 11.3 Å². The highest BCUT2D eigenvalue weighted by molar-refractivity contribution is 7.15. The number of likely N-dealkylation sites (tertiary alicyclic amines) is 1. The lowest BCUT2D eigenvalue weighted by atomic mass is 9.98. The molecular formula is C23H23F3N4S. The van der Waals surface area contributed by atoms with Crippen molar-refractivity contribution in [1.29, 1.82) is 0 Å². The van der Waals surface area contributed by atoms with Crippen molar-refractivity contribution in [3.8, 4) is 21.8 Å². The second kappa shape index (κ2) is 7.98. The van der Waals surface area contributed by atoms with Gasteiger partial charge in [-0.3, -0.25) is 0 Å². The van der Waals surface area contributed by atoms with Gasteiger partial charge in [-0.25, -0.2) is 15.0 Å². The third kappa shape index (κ3) is 4.23. The van der Waals surface area contributed by atoms with E-state index in [1.165, 1.54) is 18.5 Å². The Balaban J connectivity index is 1.63. The fourth-order valence-electron chi connectivity index (χ4n) is 4.19. The van der Waals surface area contributed by atoms with E-state index in [0.29, 0.717) is 23.1 Å². The molecule has 31 heavy (non-hydrogen) atoms. The minimum atomic E-state index is -4.39. The van der Waals surface area contributed by atoms with Gasteiger partial charge in [0.25, 0.3) is 0 Å². The summed E-state index contributed by atoms with van der Waals surface area (Å²) in [5.41, 5.74) is 2.33. The van der Waals surface area contributed by atoms with Crippen molar-refractivity contribution in [3.05, 3.63) is 52.9 Å². The molecule has 162 valence electrons. The van der Waals surface area contributed by atoms with Crippen molar-refractivity contribution in [3.63, 3.8) is 0 Å². The number of rotatable bonds is 4. The Morgan fingerprint density at radius 1 is 1.03 bits per heavy atom. The molecular weight excluding hydrogens is 421 g/mol. The molecule has 0 radical (unpaired) electrons. The number of benzene rings is 1. The summed E-state index contributed by atoms with van der Waals surface area (Å²) in [6, 6.07) is 5.48. The average molecular weight is 445 g/mol. The van der Waals surface area contributed by atoms with Gasteiger partial charge in [0.2, 0.25) is 0 Å². The molecule has 3 heterocycles. The van der Waals surface area contributed by atoms with E-state index in [0.717, 1.165) is 66.0 Å². The summed E-state index contributed by atoms with van der Waals surface area (Å²) >= 11 is 1.59. The Morgan fingerprint density at radius 3 is 2.52 bits per heavy atom. The maximum atomic E-state index is 13.4. The Bertz CT molecular complexity index is 1080. The summed E-state index contributed by atoms with van der Waals surface area (Å²) < 4.78 is 40.1. The zero-order valence-corrected chi connectivity index (χ0v) is 18.0. The smallest absolute Gasteiger partial charge is 0.306 e. The second-order valence-corrected chi connectivity index (χ2v) is 9.52. The maximum Gasteiger partial charge on any atom is 0.416 e. The topological polar surface area (TPSA) is 41.9 Å². The van der Waals surface area contributed by atoms with E-state index in [-0.39, 0.29) is 0 Å². The Labute approximate surface area is 183 Å². The molecule has 2 aromatic heterocycles. The number of nitrogens with zero attached hydrogens (tertiary/aromatic N) is 4. The fourth-order valence-corrected chi connectivity index (χ4v) is 5.46. The van der Waals surface area contributed by atoms with E-state index in [4.69, 9.17) is 4.98 Å². The molecule has 1 aromatic carbocycles. The lowest BCUT2D eigenvalue weighted by Gasteiger charge is -2.27. The summed E-state index contributed by atoms with van der Waals surface area (Å²) in [4.78, 5) is 16.9. The zero-order chi connectivity index (χ0) is 21.6. The van der Waals surface area contributed by atoms with Crippen molar-refractivity contribution in [2.24, 2.45) is 0 Å². The van der Waals surface area contributed by atoms with Crippen LogP contribution in [0, 0.1) is 0 Å². The number of hydrogen-bond donors (Lipinski definition) is 0. The maximum absolute atomic E-state index is 13.4. The first-order valence-electron chi connectivity index (χ1n) is 10.6. The van der Waals surface area contributed by atoms with Crippen molar-refractivity contribution in [1.82, 2.24) is 19.9 Å². The minimum absolute atomic E-state index is 0.325. The summed E-state index contributed by atoms with van der Waals surface area (Å²) in [7, 11) is 2.11. The van der Waals surface area contributed by atoms with E-state index in [1.807, 2.05) is 6.20 Å². The molecule has 4 nitrogen and oxygen atoms in total. The van der Waals surface area contributed by atoms with Crippen LogP contribution < -0.4 is 0 Å². The van der Waals surface area contributed by atoms with Crippen molar-refractivity contribution >= 4 is 11.3 Å². The Morgan fingerprint density at radius 2 is 1.81 bits per heavy atom. The number of thiazole rings is 1. The molecule has 0 spiro atoms. The zero-order valence-electron chi connectivity index (χ0n) is 17.2. The van der Waals surface area contributed by atoms with Gasteiger partial charge in [-0.1, -0.05) is 12.1 Å². The van der Waals surface area contributed by atoms with Crippen LogP contribution in [0.15, 0.2) is 36.8 Å². The van der Waals surface area contributed by atoms with Crippen LogP contribution in [0.5, 0.6) is 0 Å². The summed E-state index contributed by atoms with van der Waals surface area (Å²) in [5.74, 6) is 0.755. The predicted octanol–water partition coefficient (Wildman–Crippen LogP) is 5.97. The van der Waals surface area contributed by atoms with E-state index < -0.39 is 11.7 Å². The van der Waals surface area contributed by atoms with Crippen LogP contribution in [0.2, 0.25) is 0 Å². The summed E-state index contributed by atoms with van der Waals surface area (Å²) in [6.07, 6.45) is 3.18. The number of alkyl halides is 3. The van der Waals surface area contributed by atoms with Crippen LogP contribution in [0.4, 0.5) is 13.2 Å². The number of halogens is 3. The van der Waals surface area contributed by atoms with Gasteiger partial charge in [-0.2, -0.15) is 13.2 Å². The normalized spacial score (nSPS) is 18.5. The van der Waals surface area contributed by atoms with E-state index in [1.54, 1.807) is 17.4 Å². The first kappa shape index (κ1) is 20.6. The lowest BCUT2D eigenvalue weighted by Crippen LogP contribution is -2.29. The summed E-state index contributed by atoms with van der Waals surface area (Å²) in [5, 5.41) is 0.996. The van der Waals surface area contributed by atoms with Crippen molar-refractivity contribution in [2.75, 3.05) is 20.1 Å². The standard InChI is InChI=1S/C23H23F3N4S/c1-30-9-7-15(8-10-30)22-29-19(16-3-2-4-17(11-16)23(24,25)26)21(31-22)20-18(14-5-6-14)12-27-13-28-20/h2-4,11-15H,5-10H2,1H3. The molecule has 0 unspecified atom stereocenters. The van der Waals surface area contributed by atoms with Crippen LogP contribution in [0.25, 0.3) is 21.8 Å². The van der Waals surface area contributed by atoms with Crippen LogP contribution >= 0.6 is 11.3 Å². The highest BCUT2D eigenvalue weighted by Crippen LogP contribution is 2.48.